The van der Waals surface area contributed by atoms with Gasteiger partial charge in [-0.05, 0) is 24.6 Å². The van der Waals surface area contributed by atoms with Crippen LogP contribution < -0.4 is 23.5 Å². The first-order valence-corrected chi connectivity index (χ1v) is 9.64. The Morgan fingerprint density at radius 1 is 0.926 bits per heavy atom. The molecule has 1 aliphatic heterocycles. The number of amidine groups is 1. The van der Waals surface area contributed by atoms with Crippen LogP contribution in [0, 0.1) is 10.2 Å². The van der Waals surface area contributed by atoms with Crippen LogP contribution in [0.3, 0.4) is 0 Å². The standard InChI is InChI=1S/C19H23N2O.ClHO4/c1-4-22-19-17(15-11-7-5-8-12-15)18(20(2)3)21(19)16-13-9-6-10-14-16;2-1(3,4)5/h5-14,17,19H,4H2,1-3H3;(H,2,3,4,5)/q+1;/p-1/t17-,19-;/m1./s1. The van der Waals surface area contributed by atoms with Crippen molar-refractivity contribution in [1.29, 1.82) is 0 Å². The van der Waals surface area contributed by atoms with Crippen molar-refractivity contribution in [3.05, 3.63) is 66.2 Å². The highest BCUT2D eigenvalue weighted by Crippen LogP contribution is 2.40. The van der Waals surface area contributed by atoms with Crippen LogP contribution in [0.2, 0.25) is 0 Å². The minimum absolute atomic E-state index is 0.0483. The number of para-hydroxylation sites is 1. The van der Waals surface area contributed by atoms with Crippen LogP contribution in [-0.2, 0) is 4.74 Å². The van der Waals surface area contributed by atoms with Crippen LogP contribution in [0.25, 0.3) is 0 Å². The fraction of sp³-hybridized carbons (Fsp3) is 0.316. The van der Waals surface area contributed by atoms with Gasteiger partial charge in [0.25, 0.3) is 5.84 Å². The molecule has 2 aromatic rings. The molecular formula is C19H23ClN2O5. The van der Waals surface area contributed by atoms with Crippen LogP contribution in [0.1, 0.15) is 18.4 Å². The van der Waals surface area contributed by atoms with E-state index >= 15 is 0 Å². The zero-order valence-corrected chi connectivity index (χ0v) is 16.2. The van der Waals surface area contributed by atoms with E-state index in [1.54, 1.807) is 0 Å². The van der Waals surface area contributed by atoms with Crippen LogP contribution in [0.4, 0.5) is 5.69 Å². The van der Waals surface area contributed by atoms with Crippen molar-refractivity contribution >= 4 is 11.5 Å². The number of anilines is 1. The third-order valence-electron chi connectivity index (χ3n) is 4.05. The maximum Gasteiger partial charge on any atom is 0.268 e. The number of benzene rings is 2. The Balaban J connectivity index is 0.000000465. The van der Waals surface area contributed by atoms with E-state index in [4.69, 9.17) is 23.4 Å². The Morgan fingerprint density at radius 2 is 1.41 bits per heavy atom. The van der Waals surface area contributed by atoms with Crippen molar-refractivity contribution < 1.29 is 38.2 Å². The van der Waals surface area contributed by atoms with Gasteiger partial charge in [-0.1, -0.05) is 48.5 Å². The minimum atomic E-state index is -4.94. The van der Waals surface area contributed by atoms with Gasteiger partial charge in [0, 0.05) is 6.61 Å². The second-order valence-electron chi connectivity index (χ2n) is 6.07. The molecule has 3 rings (SSSR count). The first-order chi connectivity index (χ1) is 12.7. The van der Waals surface area contributed by atoms with Crippen molar-refractivity contribution in [2.75, 3.05) is 25.6 Å². The number of hydrogen-bond donors (Lipinski definition) is 0. The highest BCUT2D eigenvalue weighted by atomic mass is 35.7. The van der Waals surface area contributed by atoms with Crippen molar-refractivity contribution in [3.63, 3.8) is 0 Å². The maximum absolute atomic E-state index is 8.49. The third-order valence-corrected chi connectivity index (χ3v) is 4.05. The lowest BCUT2D eigenvalue weighted by atomic mass is 9.86. The van der Waals surface area contributed by atoms with E-state index in [0.29, 0.717) is 6.61 Å². The van der Waals surface area contributed by atoms with Gasteiger partial charge in [0.15, 0.2) is 5.92 Å². The summed E-state index contributed by atoms with van der Waals surface area (Å²) in [5.74, 6) is 1.55. The monoisotopic (exact) mass is 394 g/mol. The van der Waals surface area contributed by atoms with Gasteiger partial charge in [0.1, 0.15) is 5.69 Å². The second-order valence-corrected chi connectivity index (χ2v) is 6.83. The molecule has 8 heteroatoms. The van der Waals surface area contributed by atoms with Crippen molar-refractivity contribution in [2.24, 2.45) is 0 Å². The Kier molecular flexibility index (Phi) is 7.32. The minimum Gasteiger partial charge on any atom is -0.339 e. The maximum atomic E-state index is 8.49. The number of rotatable bonds is 4. The lowest BCUT2D eigenvalue weighted by molar-refractivity contribution is -2.00. The molecule has 1 saturated heterocycles. The lowest BCUT2D eigenvalue weighted by Crippen LogP contribution is -2.68. The second kappa shape index (κ2) is 9.27. The van der Waals surface area contributed by atoms with Gasteiger partial charge in [-0.3, -0.25) is 4.58 Å². The van der Waals surface area contributed by atoms with Gasteiger partial charge in [0.05, 0.1) is 14.1 Å². The fourth-order valence-electron chi connectivity index (χ4n) is 3.15. The Bertz CT molecular complexity index is 690. The smallest absolute Gasteiger partial charge is 0.268 e. The molecule has 0 radical (unpaired) electrons. The molecule has 1 aliphatic rings. The molecule has 0 spiro atoms. The molecule has 1 heterocycles. The molecule has 0 bridgehead atoms. The van der Waals surface area contributed by atoms with Gasteiger partial charge in [-0.15, -0.1) is 10.2 Å². The summed E-state index contributed by atoms with van der Waals surface area (Å²) in [6.07, 6.45) is 0.0483. The summed E-state index contributed by atoms with van der Waals surface area (Å²) in [5, 5.41) is 0. The molecule has 1 fully saturated rings. The van der Waals surface area contributed by atoms with E-state index in [9.17, 15) is 0 Å². The lowest BCUT2D eigenvalue weighted by Gasteiger charge is -2.43. The molecule has 0 saturated carbocycles. The zero-order chi connectivity index (χ0) is 20.0. The number of hydrogen-bond acceptors (Lipinski definition) is 5. The number of ether oxygens (including phenoxy) is 1. The molecule has 0 aliphatic carbocycles. The molecule has 0 N–H and O–H groups in total. The summed E-state index contributed by atoms with van der Waals surface area (Å²) in [6.45, 7) is 2.76. The largest absolute Gasteiger partial charge is 0.339 e. The molecule has 0 aromatic heterocycles. The summed E-state index contributed by atoms with van der Waals surface area (Å²) in [4.78, 5) is 2.29. The van der Waals surface area contributed by atoms with Gasteiger partial charge < -0.3 is 4.74 Å². The summed E-state index contributed by atoms with van der Waals surface area (Å²) < 4.78 is 42.2. The summed E-state index contributed by atoms with van der Waals surface area (Å²) in [5.41, 5.74) is 2.48. The van der Waals surface area contributed by atoms with Crippen LogP contribution in [0.15, 0.2) is 60.7 Å². The van der Waals surface area contributed by atoms with Crippen LogP contribution in [-0.4, -0.2) is 37.3 Å². The molecule has 27 heavy (non-hydrogen) atoms. The molecule has 0 unspecified atom stereocenters. The quantitative estimate of drug-likeness (QED) is 0.588. The van der Waals surface area contributed by atoms with E-state index in [0.717, 1.165) is 0 Å². The van der Waals surface area contributed by atoms with E-state index in [2.05, 4.69) is 85.1 Å². The SMILES string of the molecule is CCO[C@@H]1[C@H](c2ccccc2)C(=[N+](C)C)N1c1ccccc1.[O-][Cl+3]([O-])([O-])[O-]. The molecule has 146 valence electrons. The molecule has 0 amide bonds. The Labute approximate surface area is 161 Å². The van der Waals surface area contributed by atoms with Crippen LogP contribution in [0.5, 0.6) is 0 Å². The van der Waals surface area contributed by atoms with Gasteiger partial charge in [-0.25, -0.2) is 23.5 Å². The highest BCUT2D eigenvalue weighted by molar-refractivity contribution is 6.06. The summed E-state index contributed by atoms with van der Waals surface area (Å²) >= 11 is 0. The highest BCUT2D eigenvalue weighted by Gasteiger charge is 2.55. The van der Waals surface area contributed by atoms with Crippen molar-refractivity contribution in [2.45, 2.75) is 19.1 Å². The topological polar surface area (TPSA) is 108 Å². The number of nitrogens with zero attached hydrogens (tertiary/aromatic N) is 2. The fourth-order valence-corrected chi connectivity index (χ4v) is 3.15. The predicted molar refractivity (Wildman–Crippen MR) is 90.6 cm³/mol. The third kappa shape index (κ3) is 5.74. The molecule has 7 nitrogen and oxygen atoms in total. The summed E-state index contributed by atoms with van der Waals surface area (Å²) in [6, 6.07) is 21.1. The van der Waals surface area contributed by atoms with Crippen molar-refractivity contribution in [3.8, 4) is 0 Å². The van der Waals surface area contributed by atoms with E-state index in [1.165, 1.54) is 17.1 Å². The molecule has 2 aromatic carbocycles. The molecule has 2 atom stereocenters. The van der Waals surface area contributed by atoms with E-state index in [-0.39, 0.29) is 12.1 Å². The van der Waals surface area contributed by atoms with Crippen LogP contribution >= 0.6 is 0 Å². The van der Waals surface area contributed by atoms with Gasteiger partial charge in [-0.2, -0.15) is 0 Å². The van der Waals surface area contributed by atoms with Crippen molar-refractivity contribution in [1.82, 2.24) is 0 Å². The normalized spacial score (nSPS) is 19.1. The number of halogens is 1. The molecular weight excluding hydrogens is 372 g/mol. The van der Waals surface area contributed by atoms with Gasteiger partial charge >= 0.3 is 0 Å². The first kappa shape index (κ1) is 21.3. The predicted octanol–water partition coefficient (Wildman–Crippen LogP) is -1.43. The average Bonchev–Trinajstić information content (AvgIpc) is 2.58. The zero-order valence-electron chi connectivity index (χ0n) is 15.4. The Hall–Kier alpha value is -2.00. The van der Waals surface area contributed by atoms with E-state index < -0.39 is 10.2 Å². The summed E-state index contributed by atoms with van der Waals surface area (Å²) in [7, 11) is -0.743. The Morgan fingerprint density at radius 3 is 1.85 bits per heavy atom. The van der Waals surface area contributed by atoms with E-state index in [1.807, 2.05) is 6.07 Å². The van der Waals surface area contributed by atoms with Gasteiger partial charge in [0.2, 0.25) is 6.23 Å². The average molecular weight is 395 g/mol. The first-order valence-electron chi connectivity index (χ1n) is 8.40.